The molecule has 3 aromatic heterocycles. The normalized spacial score (nSPS) is 11.9. The number of halogens is 4. The number of nitrogens with zero attached hydrogens (tertiary/aromatic N) is 4. The zero-order valence-electron chi connectivity index (χ0n) is 20.8. The number of hydrogen-bond donors (Lipinski definition) is 1. The SMILES string of the molecule is Cc1nn(CC(F)(F)F)cc1-c1cccc(Cl)c1-c1ccc2c(=O)n(-c3cncc4ccccc34)c(=O)[nH]c2c1. The minimum absolute atomic E-state index is 0.263. The fourth-order valence-electron chi connectivity index (χ4n) is 4.96. The molecular weight excluding hydrogens is 543 g/mol. The third kappa shape index (κ3) is 4.46. The van der Waals surface area contributed by atoms with Crippen LogP contribution in [-0.4, -0.2) is 30.5 Å². The number of alkyl halides is 3. The number of benzene rings is 3. The summed E-state index contributed by atoms with van der Waals surface area (Å²) in [7, 11) is 0. The van der Waals surface area contributed by atoms with E-state index in [1.54, 1.807) is 49.5 Å². The van der Waals surface area contributed by atoms with E-state index in [9.17, 15) is 22.8 Å². The number of hydrogen-bond acceptors (Lipinski definition) is 4. The first-order chi connectivity index (χ1) is 19.1. The van der Waals surface area contributed by atoms with Crippen LogP contribution < -0.4 is 11.2 Å². The summed E-state index contributed by atoms with van der Waals surface area (Å²) in [6.07, 6.45) is 0.0293. The molecule has 6 aromatic rings. The summed E-state index contributed by atoms with van der Waals surface area (Å²) in [6, 6.07) is 17.3. The first-order valence-electron chi connectivity index (χ1n) is 12.1. The van der Waals surface area contributed by atoms with Crippen molar-refractivity contribution in [3.8, 4) is 27.9 Å². The van der Waals surface area contributed by atoms with E-state index in [4.69, 9.17) is 11.6 Å². The van der Waals surface area contributed by atoms with E-state index in [0.717, 1.165) is 14.6 Å². The number of aryl methyl sites for hydroxylation is 1. The zero-order chi connectivity index (χ0) is 28.2. The van der Waals surface area contributed by atoms with Gasteiger partial charge in [-0.3, -0.25) is 14.5 Å². The van der Waals surface area contributed by atoms with Crippen molar-refractivity contribution in [3.05, 3.63) is 111 Å². The molecule has 0 bridgehead atoms. The first kappa shape index (κ1) is 25.6. The molecule has 0 aliphatic carbocycles. The fourth-order valence-corrected chi connectivity index (χ4v) is 5.24. The monoisotopic (exact) mass is 561 g/mol. The molecule has 0 atom stereocenters. The second-order valence-electron chi connectivity index (χ2n) is 9.31. The van der Waals surface area contributed by atoms with Crippen LogP contribution in [0.15, 0.2) is 88.8 Å². The van der Waals surface area contributed by atoms with Crippen molar-refractivity contribution in [2.45, 2.75) is 19.6 Å². The van der Waals surface area contributed by atoms with Gasteiger partial charge in [-0.2, -0.15) is 18.3 Å². The molecule has 7 nitrogen and oxygen atoms in total. The van der Waals surface area contributed by atoms with Gasteiger partial charge in [-0.05, 0) is 36.2 Å². The summed E-state index contributed by atoms with van der Waals surface area (Å²) >= 11 is 6.60. The van der Waals surface area contributed by atoms with Crippen molar-refractivity contribution in [3.63, 3.8) is 0 Å². The Morgan fingerprint density at radius 2 is 1.75 bits per heavy atom. The molecule has 0 amide bonds. The number of H-pyrrole nitrogens is 1. The van der Waals surface area contributed by atoms with Crippen molar-refractivity contribution in [1.29, 1.82) is 0 Å². The van der Waals surface area contributed by atoms with Crippen LogP contribution in [0.5, 0.6) is 0 Å². The summed E-state index contributed by atoms with van der Waals surface area (Å²) in [5.74, 6) is 0. The smallest absolute Gasteiger partial charge is 0.306 e. The van der Waals surface area contributed by atoms with Gasteiger partial charge >= 0.3 is 11.9 Å². The van der Waals surface area contributed by atoms with Gasteiger partial charge in [0.25, 0.3) is 5.56 Å². The zero-order valence-corrected chi connectivity index (χ0v) is 21.6. The van der Waals surface area contributed by atoms with Gasteiger partial charge in [-0.1, -0.05) is 54.1 Å². The molecule has 40 heavy (non-hydrogen) atoms. The number of nitrogens with one attached hydrogen (secondary N) is 1. The maximum Gasteiger partial charge on any atom is 0.408 e. The highest BCUT2D eigenvalue weighted by molar-refractivity contribution is 6.34. The maximum absolute atomic E-state index is 13.5. The van der Waals surface area contributed by atoms with Crippen LogP contribution in [0.2, 0.25) is 5.02 Å². The van der Waals surface area contributed by atoms with Gasteiger partial charge in [0, 0.05) is 39.3 Å². The third-order valence-corrected chi connectivity index (χ3v) is 6.98. The largest absolute Gasteiger partial charge is 0.408 e. The highest BCUT2D eigenvalue weighted by atomic mass is 35.5. The van der Waals surface area contributed by atoms with Crippen LogP contribution >= 0.6 is 11.6 Å². The third-order valence-electron chi connectivity index (χ3n) is 6.67. The van der Waals surface area contributed by atoms with Crippen LogP contribution in [0.3, 0.4) is 0 Å². The van der Waals surface area contributed by atoms with E-state index < -0.39 is 24.0 Å². The molecule has 200 valence electrons. The lowest BCUT2D eigenvalue weighted by Gasteiger charge is -2.13. The Morgan fingerprint density at radius 3 is 2.55 bits per heavy atom. The van der Waals surface area contributed by atoms with E-state index in [2.05, 4.69) is 15.1 Å². The highest BCUT2D eigenvalue weighted by Crippen LogP contribution is 2.39. The van der Waals surface area contributed by atoms with Crippen LogP contribution in [0, 0.1) is 6.92 Å². The van der Waals surface area contributed by atoms with Crippen molar-refractivity contribution >= 4 is 33.3 Å². The van der Waals surface area contributed by atoms with E-state index in [1.165, 1.54) is 12.4 Å². The Morgan fingerprint density at radius 1 is 0.950 bits per heavy atom. The Kier molecular flexibility index (Phi) is 6.07. The molecule has 0 aliphatic heterocycles. The highest BCUT2D eigenvalue weighted by Gasteiger charge is 2.29. The molecule has 0 aliphatic rings. The molecule has 0 saturated carbocycles. The van der Waals surface area contributed by atoms with Crippen molar-refractivity contribution < 1.29 is 13.2 Å². The number of aromatic nitrogens is 5. The Balaban J connectivity index is 1.51. The number of rotatable bonds is 4. The van der Waals surface area contributed by atoms with E-state index >= 15 is 0 Å². The Bertz CT molecular complexity index is 2060. The van der Waals surface area contributed by atoms with Gasteiger partial charge in [0.15, 0.2) is 0 Å². The topological polar surface area (TPSA) is 85.6 Å². The van der Waals surface area contributed by atoms with Crippen molar-refractivity contribution in [2.24, 2.45) is 0 Å². The maximum atomic E-state index is 13.5. The molecule has 0 unspecified atom stereocenters. The molecule has 0 fully saturated rings. The standard InChI is InChI=1S/C29H19ClF3N5O2/c1-16-22(14-37(36-16)15-29(31,32)33)20-7-4-8-23(30)26(20)17-9-10-21-24(11-17)35-28(40)38(27(21)39)25-13-34-12-18-5-2-3-6-19(18)25/h2-14H,15H2,1H3,(H,35,40). The van der Waals surface area contributed by atoms with E-state index in [1.807, 2.05) is 24.3 Å². The molecular formula is C29H19ClF3N5O2. The lowest BCUT2D eigenvalue weighted by atomic mass is 9.94. The average molecular weight is 562 g/mol. The lowest BCUT2D eigenvalue weighted by Crippen LogP contribution is -2.33. The van der Waals surface area contributed by atoms with Gasteiger partial charge in [0.1, 0.15) is 6.54 Å². The van der Waals surface area contributed by atoms with Gasteiger partial charge in [-0.15, -0.1) is 0 Å². The molecule has 6 rings (SSSR count). The number of aromatic amines is 1. The van der Waals surface area contributed by atoms with Crippen molar-refractivity contribution in [1.82, 2.24) is 24.3 Å². The Hall–Kier alpha value is -4.70. The second-order valence-corrected chi connectivity index (χ2v) is 9.72. The first-order valence-corrected chi connectivity index (χ1v) is 12.5. The summed E-state index contributed by atoms with van der Waals surface area (Å²) in [5.41, 5.74) is 2.02. The van der Waals surface area contributed by atoms with Crippen LogP contribution in [0.4, 0.5) is 13.2 Å². The second kappa shape index (κ2) is 9.49. The molecule has 0 spiro atoms. The Labute approximate surface area is 229 Å². The van der Waals surface area contributed by atoms with Crippen LogP contribution in [-0.2, 0) is 6.54 Å². The molecule has 0 radical (unpaired) electrons. The molecule has 3 aromatic carbocycles. The molecule has 11 heteroatoms. The van der Waals surface area contributed by atoms with Crippen molar-refractivity contribution in [2.75, 3.05) is 0 Å². The summed E-state index contributed by atoms with van der Waals surface area (Å²) in [4.78, 5) is 33.7. The average Bonchev–Trinajstić information content (AvgIpc) is 3.26. The van der Waals surface area contributed by atoms with Gasteiger partial charge < -0.3 is 4.98 Å². The lowest BCUT2D eigenvalue weighted by molar-refractivity contribution is -0.142. The summed E-state index contributed by atoms with van der Waals surface area (Å²) in [6.45, 7) is 0.398. The molecule has 1 N–H and O–H groups in total. The summed E-state index contributed by atoms with van der Waals surface area (Å²) in [5, 5.41) is 6.11. The van der Waals surface area contributed by atoms with E-state index in [0.29, 0.717) is 44.0 Å². The fraction of sp³-hybridized carbons (Fsp3) is 0.103. The van der Waals surface area contributed by atoms with Gasteiger partial charge in [0.2, 0.25) is 0 Å². The van der Waals surface area contributed by atoms with Gasteiger partial charge in [-0.25, -0.2) is 9.36 Å². The molecule has 3 heterocycles. The van der Waals surface area contributed by atoms with E-state index in [-0.39, 0.29) is 10.9 Å². The quantitative estimate of drug-likeness (QED) is 0.274. The van der Waals surface area contributed by atoms with Crippen LogP contribution in [0.25, 0.3) is 49.6 Å². The van der Waals surface area contributed by atoms with Crippen LogP contribution in [0.1, 0.15) is 5.69 Å². The predicted octanol–water partition coefficient (Wildman–Crippen LogP) is 6.28. The van der Waals surface area contributed by atoms with Gasteiger partial charge in [0.05, 0.1) is 28.5 Å². The minimum Gasteiger partial charge on any atom is -0.306 e. The number of pyridine rings is 1. The number of fused-ring (bicyclic) bond motifs is 2. The predicted molar refractivity (Wildman–Crippen MR) is 148 cm³/mol. The minimum atomic E-state index is -4.42. The molecule has 0 saturated heterocycles. The summed E-state index contributed by atoms with van der Waals surface area (Å²) < 4.78 is 40.8.